The summed E-state index contributed by atoms with van der Waals surface area (Å²) in [7, 11) is 1.89. The van der Waals surface area contributed by atoms with Crippen molar-refractivity contribution >= 4 is 5.69 Å². The highest BCUT2D eigenvalue weighted by Crippen LogP contribution is 2.33. The second kappa shape index (κ2) is 11.3. The highest BCUT2D eigenvalue weighted by atomic mass is 19.4. The van der Waals surface area contributed by atoms with E-state index in [0.29, 0.717) is 29.8 Å². The predicted molar refractivity (Wildman–Crippen MR) is 125 cm³/mol. The summed E-state index contributed by atoms with van der Waals surface area (Å²) in [5.41, 5.74) is 2.41. The first-order chi connectivity index (χ1) is 15.5. The van der Waals surface area contributed by atoms with Gasteiger partial charge in [0.1, 0.15) is 11.6 Å². The van der Waals surface area contributed by atoms with Crippen LogP contribution in [0, 0.1) is 11.6 Å². The Hall–Kier alpha value is -2.83. The Morgan fingerprint density at radius 2 is 1.79 bits per heavy atom. The van der Waals surface area contributed by atoms with Gasteiger partial charge in [-0.25, -0.2) is 8.78 Å². The van der Waals surface area contributed by atoms with Crippen molar-refractivity contribution in [2.75, 3.05) is 18.9 Å². The molecule has 0 aromatic heterocycles. The van der Waals surface area contributed by atoms with Crippen molar-refractivity contribution in [3.05, 3.63) is 88.2 Å². The van der Waals surface area contributed by atoms with Crippen LogP contribution in [-0.2, 0) is 0 Å². The first kappa shape index (κ1) is 26.4. The number of rotatable bonds is 7. The van der Waals surface area contributed by atoms with E-state index in [1.807, 2.05) is 31.9 Å². The van der Waals surface area contributed by atoms with E-state index >= 15 is 0 Å². The van der Waals surface area contributed by atoms with Crippen LogP contribution in [0.4, 0.5) is 27.6 Å². The maximum Gasteiger partial charge on any atom is 0.416 e. The number of nitrogens with zero attached hydrogens (tertiary/aromatic N) is 1. The molecule has 0 spiro atoms. The highest BCUT2D eigenvalue weighted by molar-refractivity contribution is 5.55. The molecule has 1 heterocycles. The van der Waals surface area contributed by atoms with Crippen LogP contribution in [0.5, 0.6) is 0 Å². The number of halogens is 5. The number of likely N-dealkylation sites (tertiary alicyclic amines) is 1. The molecule has 1 aromatic rings. The van der Waals surface area contributed by atoms with E-state index < -0.39 is 23.4 Å². The third-order valence-electron chi connectivity index (χ3n) is 5.30. The maximum atomic E-state index is 13.6. The molecule has 2 rings (SSSR count). The second-order valence-electron chi connectivity index (χ2n) is 8.21. The van der Waals surface area contributed by atoms with Gasteiger partial charge < -0.3 is 10.2 Å². The molecule has 1 aliphatic rings. The minimum atomic E-state index is -4.46. The van der Waals surface area contributed by atoms with Gasteiger partial charge in [-0.1, -0.05) is 30.7 Å². The topological polar surface area (TPSA) is 15.3 Å². The van der Waals surface area contributed by atoms with Crippen molar-refractivity contribution in [2.45, 2.75) is 52.8 Å². The van der Waals surface area contributed by atoms with Crippen molar-refractivity contribution in [1.29, 1.82) is 0 Å². The molecule has 1 fully saturated rings. The number of allylic oxidation sites excluding steroid dienone is 9. The summed E-state index contributed by atoms with van der Waals surface area (Å²) < 4.78 is 68.0. The number of nitrogens with one attached hydrogen (secondary N) is 1. The number of likely N-dealkylation sites (N-methyl/N-ethyl adjacent to an activating group) is 1. The van der Waals surface area contributed by atoms with Gasteiger partial charge >= 0.3 is 6.18 Å². The first-order valence-electron chi connectivity index (χ1n) is 10.9. The number of hydrogen-bond acceptors (Lipinski definition) is 2. The fraction of sp³-hybridized carbons (Fsp3) is 0.385. The van der Waals surface area contributed by atoms with E-state index in [1.165, 1.54) is 24.3 Å². The fourth-order valence-corrected chi connectivity index (χ4v) is 3.76. The molecule has 0 saturated carbocycles. The quantitative estimate of drug-likeness (QED) is 0.327. The van der Waals surface area contributed by atoms with Gasteiger partial charge in [0.2, 0.25) is 0 Å². The molecule has 0 amide bonds. The molecule has 180 valence electrons. The molecule has 0 radical (unpaired) electrons. The van der Waals surface area contributed by atoms with Crippen LogP contribution in [0.15, 0.2) is 76.6 Å². The van der Waals surface area contributed by atoms with E-state index in [-0.39, 0.29) is 12.5 Å². The van der Waals surface area contributed by atoms with Crippen LogP contribution >= 0.6 is 0 Å². The van der Waals surface area contributed by atoms with Crippen molar-refractivity contribution in [3.63, 3.8) is 0 Å². The molecule has 33 heavy (non-hydrogen) atoms. The molecule has 1 aromatic carbocycles. The number of anilines is 1. The summed E-state index contributed by atoms with van der Waals surface area (Å²) >= 11 is 0. The average molecular weight is 467 g/mol. The molecule has 1 N–H and O–H groups in total. The van der Waals surface area contributed by atoms with Crippen molar-refractivity contribution in [3.8, 4) is 0 Å². The third-order valence-corrected chi connectivity index (χ3v) is 5.30. The Balaban J connectivity index is 2.53. The number of hydrogen-bond donors (Lipinski definition) is 1. The maximum absolute atomic E-state index is 13.6. The van der Waals surface area contributed by atoms with Crippen LogP contribution in [0.25, 0.3) is 0 Å². The third kappa shape index (κ3) is 7.34. The number of benzene rings is 1. The Morgan fingerprint density at radius 3 is 2.30 bits per heavy atom. The van der Waals surface area contributed by atoms with Gasteiger partial charge in [-0.2, -0.15) is 13.2 Å². The summed E-state index contributed by atoms with van der Waals surface area (Å²) in [5, 5.41) is 3.16. The van der Waals surface area contributed by atoms with E-state index in [4.69, 9.17) is 0 Å². The molecular formula is C26H31F5N2. The zero-order valence-electron chi connectivity index (χ0n) is 19.7. The van der Waals surface area contributed by atoms with Crippen molar-refractivity contribution in [1.82, 2.24) is 4.90 Å². The molecule has 1 atom stereocenters. The van der Waals surface area contributed by atoms with Gasteiger partial charge in [-0.05, 0) is 69.0 Å². The zero-order valence-corrected chi connectivity index (χ0v) is 19.7. The Labute approximate surface area is 192 Å². The van der Waals surface area contributed by atoms with Crippen LogP contribution < -0.4 is 5.32 Å². The molecule has 1 saturated heterocycles. The van der Waals surface area contributed by atoms with E-state index in [0.717, 1.165) is 17.3 Å². The largest absolute Gasteiger partial charge is 0.416 e. The molecule has 7 heteroatoms. The normalized spacial score (nSPS) is 19.0. The second-order valence-corrected chi connectivity index (χ2v) is 8.21. The van der Waals surface area contributed by atoms with E-state index in [2.05, 4.69) is 5.32 Å². The van der Waals surface area contributed by atoms with Crippen LogP contribution in [-0.4, -0.2) is 30.7 Å². The minimum absolute atomic E-state index is 0.245. The predicted octanol–water partition coefficient (Wildman–Crippen LogP) is 7.70. The van der Waals surface area contributed by atoms with E-state index in [9.17, 15) is 22.0 Å². The van der Waals surface area contributed by atoms with Gasteiger partial charge in [0, 0.05) is 31.0 Å². The van der Waals surface area contributed by atoms with Gasteiger partial charge in [0.15, 0.2) is 0 Å². The lowest BCUT2D eigenvalue weighted by Gasteiger charge is -2.21. The Morgan fingerprint density at radius 1 is 1.15 bits per heavy atom. The highest BCUT2D eigenvalue weighted by Gasteiger charge is 2.32. The molecule has 0 aliphatic carbocycles. The van der Waals surface area contributed by atoms with Crippen LogP contribution in [0.1, 0.15) is 40.5 Å². The monoisotopic (exact) mass is 466 g/mol. The van der Waals surface area contributed by atoms with Gasteiger partial charge in [0.05, 0.1) is 11.6 Å². The van der Waals surface area contributed by atoms with E-state index in [1.54, 1.807) is 26.0 Å². The fourth-order valence-electron chi connectivity index (χ4n) is 3.76. The minimum Gasteiger partial charge on any atom is -0.377 e. The molecular weight excluding hydrogens is 435 g/mol. The molecule has 2 nitrogen and oxygen atoms in total. The van der Waals surface area contributed by atoms with Crippen LogP contribution in [0.2, 0.25) is 0 Å². The zero-order chi connectivity index (χ0) is 24.8. The lowest BCUT2D eigenvalue weighted by Crippen LogP contribution is -2.22. The average Bonchev–Trinajstić information content (AvgIpc) is 3.02. The lowest BCUT2D eigenvalue weighted by atomic mass is 9.96. The summed E-state index contributed by atoms with van der Waals surface area (Å²) in [6, 6.07) is 3.00. The molecule has 0 bridgehead atoms. The summed E-state index contributed by atoms with van der Waals surface area (Å²) in [5.74, 6) is -1.36. The SMILES string of the molecule is C\C=C/C(=C\C(=C\CC)C(F)(F)F)C(/C=C1/C(Nc2cc(F)cc(F)c2)CCN1C)=C(C)C. The summed E-state index contributed by atoms with van der Waals surface area (Å²) in [6.45, 7) is 7.81. The lowest BCUT2D eigenvalue weighted by molar-refractivity contribution is -0.0884. The van der Waals surface area contributed by atoms with Crippen molar-refractivity contribution < 1.29 is 22.0 Å². The summed E-state index contributed by atoms with van der Waals surface area (Å²) in [4.78, 5) is 2.00. The smallest absolute Gasteiger partial charge is 0.377 e. The first-order valence-corrected chi connectivity index (χ1v) is 10.9. The summed E-state index contributed by atoms with van der Waals surface area (Å²) in [6.07, 6.45) is 4.05. The van der Waals surface area contributed by atoms with Crippen LogP contribution in [0.3, 0.4) is 0 Å². The molecule has 1 unspecified atom stereocenters. The van der Waals surface area contributed by atoms with Gasteiger partial charge in [-0.3, -0.25) is 0 Å². The van der Waals surface area contributed by atoms with Crippen molar-refractivity contribution in [2.24, 2.45) is 0 Å². The Bertz CT molecular complexity index is 972. The van der Waals surface area contributed by atoms with Gasteiger partial charge in [0.25, 0.3) is 0 Å². The Kier molecular flexibility index (Phi) is 9.08. The molecule has 1 aliphatic heterocycles. The standard InChI is InChI=1S/C26H31F5N2/c1-6-8-18(12-19(9-7-2)26(29,30)31)23(17(3)4)16-25-24(10-11-33(25)5)32-22-14-20(27)13-21(28)15-22/h6,8-9,12-16,24,32H,7,10-11H2,1-5H3/b8-6-,18-12+,19-9-,25-16-. The van der Waals surface area contributed by atoms with Gasteiger partial charge in [-0.15, -0.1) is 0 Å². The number of alkyl halides is 3.